The first-order valence-electron chi connectivity index (χ1n) is 11.5. The smallest absolute Gasteiger partial charge is 0.264 e. The second-order valence-electron chi connectivity index (χ2n) is 8.15. The molecule has 3 rings (SSSR count). The third-order valence-corrected chi connectivity index (χ3v) is 7.39. The Kier molecular flexibility index (Phi) is 8.82. The number of anilines is 1. The number of nitrogens with one attached hydrogen (secondary N) is 1. The maximum atomic E-state index is 13.7. The van der Waals surface area contributed by atoms with E-state index >= 15 is 0 Å². The number of benzene rings is 3. The Morgan fingerprint density at radius 1 is 0.944 bits per heavy atom. The van der Waals surface area contributed by atoms with Crippen molar-refractivity contribution in [1.29, 1.82) is 0 Å². The van der Waals surface area contributed by atoms with Crippen molar-refractivity contribution in [2.24, 2.45) is 0 Å². The van der Waals surface area contributed by atoms with Gasteiger partial charge in [0.15, 0.2) is 0 Å². The topological polar surface area (TPSA) is 94.2 Å². The summed E-state index contributed by atoms with van der Waals surface area (Å²) in [5.41, 5.74) is 1.97. The SMILES string of the molecule is CCOc1ccc([C@@H](C)NC(=O)CN(c2cc(OC)ccc2OC)S(=O)(=O)c2ccc(C)cc2)cc1. The van der Waals surface area contributed by atoms with Gasteiger partial charge in [-0.05, 0) is 62.7 Å². The molecule has 9 heteroatoms. The van der Waals surface area contributed by atoms with Crippen molar-refractivity contribution in [3.63, 3.8) is 0 Å². The Bertz CT molecular complexity index is 1270. The number of rotatable bonds is 11. The number of hydrogen-bond acceptors (Lipinski definition) is 6. The van der Waals surface area contributed by atoms with Crippen LogP contribution in [0.3, 0.4) is 0 Å². The highest BCUT2D eigenvalue weighted by Crippen LogP contribution is 2.35. The normalized spacial score (nSPS) is 11.9. The highest BCUT2D eigenvalue weighted by molar-refractivity contribution is 7.92. The highest BCUT2D eigenvalue weighted by Gasteiger charge is 2.30. The molecule has 0 bridgehead atoms. The quantitative estimate of drug-likeness (QED) is 0.407. The second kappa shape index (κ2) is 11.8. The van der Waals surface area contributed by atoms with E-state index < -0.39 is 22.5 Å². The molecule has 36 heavy (non-hydrogen) atoms. The van der Waals surface area contributed by atoms with Crippen molar-refractivity contribution in [2.75, 3.05) is 31.7 Å². The summed E-state index contributed by atoms with van der Waals surface area (Å²) in [6, 6.07) is 18.3. The Morgan fingerprint density at radius 2 is 1.58 bits per heavy atom. The lowest BCUT2D eigenvalue weighted by Crippen LogP contribution is -2.41. The Balaban J connectivity index is 1.94. The number of amides is 1. The molecule has 8 nitrogen and oxygen atoms in total. The average Bonchev–Trinajstić information content (AvgIpc) is 2.87. The van der Waals surface area contributed by atoms with Crippen molar-refractivity contribution in [1.82, 2.24) is 5.32 Å². The van der Waals surface area contributed by atoms with E-state index in [9.17, 15) is 13.2 Å². The van der Waals surface area contributed by atoms with Crippen LogP contribution in [0.5, 0.6) is 17.2 Å². The molecule has 0 saturated heterocycles. The molecule has 0 aliphatic rings. The molecule has 0 unspecified atom stereocenters. The van der Waals surface area contributed by atoms with Gasteiger partial charge in [-0.25, -0.2) is 8.42 Å². The number of aryl methyl sites for hydroxylation is 1. The third kappa shape index (κ3) is 6.28. The van der Waals surface area contributed by atoms with E-state index in [0.29, 0.717) is 18.1 Å². The van der Waals surface area contributed by atoms with Gasteiger partial charge in [-0.3, -0.25) is 9.10 Å². The molecule has 0 spiro atoms. The van der Waals surface area contributed by atoms with Crippen LogP contribution in [-0.4, -0.2) is 41.7 Å². The maximum absolute atomic E-state index is 13.7. The fraction of sp³-hybridized carbons (Fsp3) is 0.296. The molecule has 1 atom stereocenters. The summed E-state index contributed by atoms with van der Waals surface area (Å²) in [7, 11) is -1.19. The lowest BCUT2D eigenvalue weighted by Gasteiger charge is -2.27. The van der Waals surface area contributed by atoms with Crippen LogP contribution in [0.1, 0.15) is 31.0 Å². The number of hydrogen-bond donors (Lipinski definition) is 1. The van der Waals surface area contributed by atoms with Crippen molar-refractivity contribution in [3.05, 3.63) is 77.9 Å². The van der Waals surface area contributed by atoms with Crippen LogP contribution in [-0.2, 0) is 14.8 Å². The molecule has 0 aliphatic heterocycles. The Labute approximate surface area is 212 Å². The van der Waals surface area contributed by atoms with Gasteiger partial charge in [0.25, 0.3) is 10.0 Å². The zero-order valence-electron chi connectivity index (χ0n) is 21.1. The number of sulfonamides is 1. The molecule has 192 valence electrons. The third-order valence-electron chi connectivity index (χ3n) is 5.62. The molecule has 1 amide bonds. The van der Waals surface area contributed by atoms with Gasteiger partial charge in [-0.2, -0.15) is 0 Å². The second-order valence-corrected chi connectivity index (χ2v) is 10.0. The van der Waals surface area contributed by atoms with E-state index in [4.69, 9.17) is 14.2 Å². The predicted molar refractivity (Wildman–Crippen MR) is 139 cm³/mol. The molecule has 3 aromatic rings. The minimum Gasteiger partial charge on any atom is -0.497 e. The van der Waals surface area contributed by atoms with E-state index in [1.165, 1.54) is 32.4 Å². The monoisotopic (exact) mass is 512 g/mol. The van der Waals surface area contributed by atoms with Crippen LogP contribution < -0.4 is 23.8 Å². The van der Waals surface area contributed by atoms with Gasteiger partial charge in [0, 0.05) is 6.07 Å². The molecule has 0 fully saturated rings. The first kappa shape index (κ1) is 26.9. The van der Waals surface area contributed by atoms with Crippen LogP contribution in [0.25, 0.3) is 0 Å². The number of ether oxygens (including phenoxy) is 3. The van der Waals surface area contributed by atoms with Crippen LogP contribution in [0, 0.1) is 6.92 Å². The van der Waals surface area contributed by atoms with Gasteiger partial charge in [-0.15, -0.1) is 0 Å². The number of nitrogens with zero attached hydrogens (tertiary/aromatic N) is 1. The summed E-state index contributed by atoms with van der Waals surface area (Å²) < 4.78 is 44.7. The standard InChI is InChI=1S/C27H32N2O6S/c1-6-35-22-11-9-21(10-12-22)20(3)28-27(30)18-29(25-17-23(33-4)13-16-26(25)34-5)36(31,32)24-14-7-19(2)8-15-24/h7-17,20H,6,18H2,1-5H3,(H,28,30)/t20-/m1/s1. The zero-order chi connectivity index (χ0) is 26.3. The highest BCUT2D eigenvalue weighted by atomic mass is 32.2. The van der Waals surface area contributed by atoms with E-state index in [0.717, 1.165) is 21.2 Å². The van der Waals surface area contributed by atoms with Crippen molar-refractivity contribution in [2.45, 2.75) is 31.7 Å². The van der Waals surface area contributed by atoms with Gasteiger partial charge in [0.1, 0.15) is 23.8 Å². The minimum absolute atomic E-state index is 0.0605. The molecule has 1 N–H and O–H groups in total. The van der Waals surface area contributed by atoms with Crippen molar-refractivity contribution >= 4 is 21.6 Å². The minimum atomic E-state index is -4.12. The number of carbonyl (C=O) groups excluding carboxylic acids is 1. The Hall–Kier alpha value is -3.72. The van der Waals surface area contributed by atoms with E-state index in [1.807, 2.05) is 45.0 Å². The summed E-state index contributed by atoms with van der Waals surface area (Å²) in [5.74, 6) is 0.981. The Morgan fingerprint density at radius 3 is 2.17 bits per heavy atom. The van der Waals surface area contributed by atoms with E-state index in [2.05, 4.69) is 5.32 Å². The average molecular weight is 513 g/mol. The summed E-state index contributed by atoms with van der Waals surface area (Å²) in [6.07, 6.45) is 0. The molecule has 0 aliphatic carbocycles. The van der Waals surface area contributed by atoms with Crippen molar-refractivity contribution < 1.29 is 27.4 Å². The molecule has 0 radical (unpaired) electrons. The first-order chi connectivity index (χ1) is 17.2. The van der Waals surface area contributed by atoms with Crippen LogP contribution >= 0.6 is 0 Å². The molecule has 0 saturated carbocycles. The van der Waals surface area contributed by atoms with Gasteiger partial charge >= 0.3 is 0 Å². The molecular weight excluding hydrogens is 480 g/mol. The van der Waals surface area contributed by atoms with E-state index in [1.54, 1.807) is 24.3 Å². The molecular formula is C27H32N2O6S. The maximum Gasteiger partial charge on any atom is 0.264 e. The van der Waals surface area contributed by atoms with Gasteiger partial charge in [0.05, 0.1) is 37.5 Å². The lowest BCUT2D eigenvalue weighted by atomic mass is 10.1. The lowest BCUT2D eigenvalue weighted by molar-refractivity contribution is -0.120. The van der Waals surface area contributed by atoms with Gasteiger partial charge < -0.3 is 19.5 Å². The predicted octanol–water partition coefficient (Wildman–Crippen LogP) is 4.48. The van der Waals surface area contributed by atoms with Gasteiger partial charge in [-0.1, -0.05) is 29.8 Å². The van der Waals surface area contributed by atoms with Gasteiger partial charge in [0.2, 0.25) is 5.91 Å². The molecule has 0 heterocycles. The fourth-order valence-corrected chi connectivity index (χ4v) is 5.07. The first-order valence-corrected chi connectivity index (χ1v) is 13.0. The number of methoxy groups -OCH3 is 2. The summed E-state index contributed by atoms with van der Waals surface area (Å²) in [4.78, 5) is 13.2. The molecule has 0 aromatic heterocycles. The number of carbonyl (C=O) groups is 1. The molecule has 3 aromatic carbocycles. The van der Waals surface area contributed by atoms with E-state index in [-0.39, 0.29) is 16.6 Å². The van der Waals surface area contributed by atoms with Crippen LogP contribution in [0.2, 0.25) is 0 Å². The summed E-state index contributed by atoms with van der Waals surface area (Å²) in [6.45, 7) is 5.71. The largest absolute Gasteiger partial charge is 0.497 e. The summed E-state index contributed by atoms with van der Waals surface area (Å²) in [5, 5.41) is 2.89. The van der Waals surface area contributed by atoms with Crippen molar-refractivity contribution in [3.8, 4) is 17.2 Å². The summed E-state index contributed by atoms with van der Waals surface area (Å²) >= 11 is 0. The van der Waals surface area contributed by atoms with Crippen LogP contribution in [0.4, 0.5) is 5.69 Å². The zero-order valence-corrected chi connectivity index (χ0v) is 22.0. The van der Waals surface area contributed by atoms with Crippen LogP contribution in [0.15, 0.2) is 71.6 Å². The fourth-order valence-electron chi connectivity index (χ4n) is 3.65.